The smallest absolute Gasteiger partial charge is 0.358 e. The number of anilines is 1. The van der Waals surface area contributed by atoms with Gasteiger partial charge in [0.2, 0.25) is 5.91 Å². The lowest BCUT2D eigenvalue weighted by atomic mass is 10.1. The first-order valence-electron chi connectivity index (χ1n) is 9.02. The normalized spacial score (nSPS) is 12.0. The summed E-state index contributed by atoms with van der Waals surface area (Å²) in [5.41, 5.74) is 2.44. The van der Waals surface area contributed by atoms with Crippen molar-refractivity contribution in [3.8, 4) is 0 Å². The first-order chi connectivity index (χ1) is 13.7. The number of nitro groups is 1. The fourth-order valence-corrected chi connectivity index (χ4v) is 3.07. The van der Waals surface area contributed by atoms with Gasteiger partial charge in [-0.2, -0.15) is 9.78 Å². The van der Waals surface area contributed by atoms with Gasteiger partial charge in [-0.3, -0.25) is 9.48 Å². The second kappa shape index (κ2) is 8.44. The maximum absolute atomic E-state index is 12.5. The van der Waals surface area contributed by atoms with Gasteiger partial charge in [0.1, 0.15) is 0 Å². The number of carbonyl (C=O) groups is 1. The second-order valence-corrected chi connectivity index (χ2v) is 7.30. The van der Waals surface area contributed by atoms with E-state index in [1.54, 1.807) is 24.6 Å². The quantitative estimate of drug-likeness (QED) is 0.467. The van der Waals surface area contributed by atoms with E-state index in [2.05, 4.69) is 15.5 Å². The van der Waals surface area contributed by atoms with Crippen LogP contribution in [0.3, 0.4) is 0 Å². The van der Waals surface area contributed by atoms with Crippen LogP contribution in [0.1, 0.15) is 23.9 Å². The summed E-state index contributed by atoms with van der Waals surface area (Å²) in [7, 11) is 0. The second-order valence-electron chi connectivity index (χ2n) is 6.89. The lowest BCUT2D eigenvalue weighted by Gasteiger charge is -2.10. The Morgan fingerprint density at radius 2 is 1.90 bits per heavy atom. The molecular formula is C19H21ClN6O3. The SMILES string of the molecule is Cc1cc(NC(=O)C(C)Cn2nc([N+](=O)[O-])cc2C)nn1Cc1ccccc1Cl. The monoisotopic (exact) mass is 416 g/mol. The zero-order chi connectivity index (χ0) is 21.1. The number of benzene rings is 1. The molecule has 9 nitrogen and oxygen atoms in total. The molecule has 2 heterocycles. The third kappa shape index (κ3) is 4.80. The minimum Gasteiger partial charge on any atom is -0.358 e. The average molecular weight is 417 g/mol. The van der Waals surface area contributed by atoms with E-state index in [9.17, 15) is 14.9 Å². The van der Waals surface area contributed by atoms with Crippen LogP contribution in [0.2, 0.25) is 5.02 Å². The molecule has 1 unspecified atom stereocenters. The van der Waals surface area contributed by atoms with Gasteiger partial charge in [-0.25, -0.2) is 0 Å². The first kappa shape index (κ1) is 20.5. The molecule has 0 aliphatic rings. The Balaban J connectivity index is 1.66. The van der Waals surface area contributed by atoms with Gasteiger partial charge in [-0.15, -0.1) is 0 Å². The number of hydrogen-bond donors (Lipinski definition) is 1. The minimum atomic E-state index is -0.553. The van der Waals surface area contributed by atoms with E-state index in [-0.39, 0.29) is 18.3 Å². The van der Waals surface area contributed by atoms with E-state index in [0.717, 1.165) is 11.3 Å². The van der Waals surface area contributed by atoms with Crippen molar-refractivity contribution in [1.29, 1.82) is 0 Å². The Bertz CT molecular complexity index is 1060. The molecule has 0 aliphatic heterocycles. The fourth-order valence-electron chi connectivity index (χ4n) is 2.88. The number of nitrogens with one attached hydrogen (secondary N) is 1. The molecule has 0 saturated heterocycles. The number of carbonyl (C=O) groups excluding carboxylic acids is 1. The van der Waals surface area contributed by atoms with Crippen LogP contribution in [0.5, 0.6) is 0 Å². The Morgan fingerprint density at radius 3 is 2.55 bits per heavy atom. The zero-order valence-electron chi connectivity index (χ0n) is 16.3. The Labute approximate surface area is 172 Å². The molecule has 10 heteroatoms. The van der Waals surface area contributed by atoms with E-state index in [1.165, 1.54) is 10.7 Å². The summed E-state index contributed by atoms with van der Waals surface area (Å²) >= 11 is 6.21. The van der Waals surface area contributed by atoms with Crippen LogP contribution in [-0.4, -0.2) is 30.4 Å². The lowest BCUT2D eigenvalue weighted by Crippen LogP contribution is -2.25. The molecule has 0 saturated carbocycles. The minimum absolute atomic E-state index is 0.227. The van der Waals surface area contributed by atoms with Gasteiger partial charge >= 0.3 is 5.82 Å². The molecule has 152 valence electrons. The Morgan fingerprint density at radius 1 is 1.21 bits per heavy atom. The highest BCUT2D eigenvalue weighted by Crippen LogP contribution is 2.19. The van der Waals surface area contributed by atoms with E-state index in [1.807, 2.05) is 31.2 Å². The van der Waals surface area contributed by atoms with Gasteiger partial charge in [0.25, 0.3) is 0 Å². The Kier molecular flexibility index (Phi) is 5.97. The molecule has 0 radical (unpaired) electrons. The summed E-state index contributed by atoms with van der Waals surface area (Å²) in [6.45, 7) is 6.06. The van der Waals surface area contributed by atoms with Crippen LogP contribution >= 0.6 is 11.6 Å². The standard InChI is InChI=1S/C19H21ClN6O3/c1-12(10-24-14(3)9-18(23-24)26(28)29)19(27)21-17-8-13(2)25(22-17)11-15-6-4-5-7-16(15)20/h4-9,12H,10-11H2,1-3H3,(H,21,22,27). The van der Waals surface area contributed by atoms with E-state index >= 15 is 0 Å². The number of nitrogens with zero attached hydrogens (tertiary/aromatic N) is 5. The molecular weight excluding hydrogens is 396 g/mol. The number of aryl methyl sites for hydroxylation is 2. The van der Waals surface area contributed by atoms with Crippen LogP contribution < -0.4 is 5.32 Å². The lowest BCUT2D eigenvalue weighted by molar-refractivity contribution is -0.389. The molecule has 2 aromatic heterocycles. The van der Waals surface area contributed by atoms with E-state index < -0.39 is 10.8 Å². The number of hydrogen-bond acceptors (Lipinski definition) is 5. The van der Waals surface area contributed by atoms with Gasteiger partial charge in [0, 0.05) is 16.8 Å². The van der Waals surface area contributed by atoms with Crippen molar-refractivity contribution in [2.75, 3.05) is 5.32 Å². The number of aromatic nitrogens is 4. The van der Waals surface area contributed by atoms with Crippen molar-refractivity contribution in [2.45, 2.75) is 33.9 Å². The third-order valence-electron chi connectivity index (χ3n) is 4.56. The average Bonchev–Trinajstić information content (AvgIpc) is 3.19. The zero-order valence-corrected chi connectivity index (χ0v) is 17.1. The van der Waals surface area contributed by atoms with Crippen LogP contribution in [0.4, 0.5) is 11.6 Å². The van der Waals surface area contributed by atoms with Crippen molar-refractivity contribution < 1.29 is 9.72 Å². The molecule has 0 fully saturated rings. The van der Waals surface area contributed by atoms with Gasteiger partial charge in [0.15, 0.2) is 5.82 Å². The largest absolute Gasteiger partial charge is 0.390 e. The van der Waals surface area contributed by atoms with Crippen LogP contribution in [0.15, 0.2) is 36.4 Å². The molecule has 29 heavy (non-hydrogen) atoms. The van der Waals surface area contributed by atoms with Crippen molar-refractivity contribution >= 4 is 29.1 Å². The Hall–Kier alpha value is -3.20. The molecule has 3 aromatic rings. The fraction of sp³-hybridized carbons (Fsp3) is 0.316. The van der Waals surface area contributed by atoms with Crippen molar-refractivity contribution in [3.05, 3.63) is 68.5 Å². The van der Waals surface area contributed by atoms with Gasteiger partial charge < -0.3 is 15.4 Å². The highest BCUT2D eigenvalue weighted by Gasteiger charge is 2.21. The van der Waals surface area contributed by atoms with Crippen molar-refractivity contribution in [2.24, 2.45) is 5.92 Å². The number of halogens is 1. The molecule has 1 atom stereocenters. The van der Waals surface area contributed by atoms with Crippen molar-refractivity contribution in [3.63, 3.8) is 0 Å². The summed E-state index contributed by atoms with van der Waals surface area (Å²) in [6, 6.07) is 10.7. The van der Waals surface area contributed by atoms with Gasteiger partial charge in [0.05, 0.1) is 35.9 Å². The van der Waals surface area contributed by atoms with Crippen LogP contribution in [0, 0.1) is 29.9 Å². The third-order valence-corrected chi connectivity index (χ3v) is 4.93. The van der Waals surface area contributed by atoms with Gasteiger partial charge in [-0.05, 0) is 30.4 Å². The maximum atomic E-state index is 12.5. The summed E-state index contributed by atoms with van der Waals surface area (Å²) < 4.78 is 3.23. The summed E-state index contributed by atoms with van der Waals surface area (Å²) in [4.78, 5) is 22.8. The van der Waals surface area contributed by atoms with E-state index in [0.29, 0.717) is 23.1 Å². The molecule has 0 bridgehead atoms. The molecule has 1 amide bonds. The molecule has 1 N–H and O–H groups in total. The topological polar surface area (TPSA) is 108 Å². The van der Waals surface area contributed by atoms with E-state index in [4.69, 9.17) is 11.6 Å². The predicted octanol–water partition coefficient (Wildman–Crippen LogP) is 3.58. The number of amides is 1. The van der Waals surface area contributed by atoms with Crippen LogP contribution in [-0.2, 0) is 17.9 Å². The summed E-state index contributed by atoms with van der Waals surface area (Å²) in [5, 5.41) is 22.6. The molecule has 0 spiro atoms. The van der Waals surface area contributed by atoms with Crippen LogP contribution in [0.25, 0.3) is 0 Å². The molecule has 0 aliphatic carbocycles. The van der Waals surface area contributed by atoms with Crippen molar-refractivity contribution in [1.82, 2.24) is 19.6 Å². The number of rotatable bonds is 7. The van der Waals surface area contributed by atoms with Gasteiger partial charge in [-0.1, -0.05) is 36.7 Å². The first-order valence-corrected chi connectivity index (χ1v) is 9.40. The maximum Gasteiger partial charge on any atom is 0.390 e. The molecule has 3 rings (SSSR count). The highest BCUT2D eigenvalue weighted by molar-refractivity contribution is 6.31. The summed E-state index contributed by atoms with van der Waals surface area (Å²) in [6.07, 6.45) is 0. The predicted molar refractivity (Wildman–Crippen MR) is 109 cm³/mol. The highest BCUT2D eigenvalue weighted by atomic mass is 35.5. The summed E-state index contributed by atoms with van der Waals surface area (Å²) in [5.74, 6) is -0.495. The molecule has 1 aromatic carbocycles.